The highest BCUT2D eigenvalue weighted by Crippen LogP contribution is 2.19. The van der Waals surface area contributed by atoms with E-state index in [1.165, 1.54) is 15.3 Å². The average molecular weight is 266 g/mol. The van der Waals surface area contributed by atoms with Crippen molar-refractivity contribution in [2.24, 2.45) is 0 Å². The molecule has 0 radical (unpaired) electrons. The Morgan fingerprint density at radius 1 is 1.29 bits per heavy atom. The average Bonchev–Trinajstić information content (AvgIpc) is 2.72. The van der Waals surface area contributed by atoms with Gasteiger partial charge in [0, 0.05) is 27.4 Å². The first kappa shape index (κ1) is 12.6. The molecule has 1 aromatic carbocycles. The van der Waals surface area contributed by atoms with Crippen molar-refractivity contribution in [3.63, 3.8) is 0 Å². The molecule has 0 bridgehead atoms. The van der Waals surface area contributed by atoms with Crippen LogP contribution in [-0.2, 0) is 6.54 Å². The van der Waals surface area contributed by atoms with Gasteiger partial charge in [-0.2, -0.15) is 0 Å². The van der Waals surface area contributed by atoms with Gasteiger partial charge in [-0.3, -0.25) is 0 Å². The molecule has 0 aliphatic heterocycles. The molecule has 1 atom stereocenters. The Kier molecular flexibility index (Phi) is 4.21. The largest absolute Gasteiger partial charge is 0.305 e. The Hall–Kier alpha value is -0.830. The van der Waals surface area contributed by atoms with Crippen molar-refractivity contribution in [3.8, 4) is 0 Å². The lowest BCUT2D eigenvalue weighted by Crippen LogP contribution is -2.17. The fourth-order valence-electron chi connectivity index (χ4n) is 1.73. The number of thiophene rings is 1. The minimum Gasteiger partial charge on any atom is -0.305 e. The van der Waals surface area contributed by atoms with Gasteiger partial charge >= 0.3 is 0 Å². The van der Waals surface area contributed by atoms with Crippen LogP contribution in [0, 0.1) is 6.92 Å². The van der Waals surface area contributed by atoms with Crippen LogP contribution in [0.4, 0.5) is 0 Å². The molecule has 0 aliphatic carbocycles. The summed E-state index contributed by atoms with van der Waals surface area (Å²) >= 11 is 7.82. The van der Waals surface area contributed by atoms with Crippen LogP contribution in [-0.4, -0.2) is 0 Å². The normalized spacial score (nSPS) is 12.6. The molecular weight excluding hydrogens is 250 g/mol. The summed E-state index contributed by atoms with van der Waals surface area (Å²) in [6, 6.07) is 12.7. The van der Waals surface area contributed by atoms with Gasteiger partial charge in [0.1, 0.15) is 0 Å². The molecule has 3 heteroatoms. The van der Waals surface area contributed by atoms with Crippen molar-refractivity contribution in [2.75, 3.05) is 0 Å². The van der Waals surface area contributed by atoms with Gasteiger partial charge < -0.3 is 5.32 Å². The summed E-state index contributed by atoms with van der Waals surface area (Å²) in [5.74, 6) is 0. The lowest BCUT2D eigenvalue weighted by molar-refractivity contribution is 0.579. The molecule has 0 saturated heterocycles. The molecule has 2 rings (SSSR count). The van der Waals surface area contributed by atoms with E-state index in [0.717, 1.165) is 11.6 Å². The van der Waals surface area contributed by atoms with Crippen LogP contribution in [0.15, 0.2) is 36.4 Å². The van der Waals surface area contributed by atoms with Gasteiger partial charge in [-0.15, -0.1) is 11.3 Å². The molecule has 0 amide bonds. The summed E-state index contributed by atoms with van der Waals surface area (Å²) in [6.07, 6.45) is 0. The predicted octanol–water partition coefficient (Wildman–Crippen LogP) is 4.56. The maximum Gasteiger partial charge on any atom is 0.0409 e. The van der Waals surface area contributed by atoms with E-state index >= 15 is 0 Å². The minimum absolute atomic E-state index is 0.316. The molecule has 1 N–H and O–H groups in total. The summed E-state index contributed by atoms with van der Waals surface area (Å²) in [7, 11) is 0. The lowest BCUT2D eigenvalue weighted by Gasteiger charge is -2.13. The second kappa shape index (κ2) is 5.67. The van der Waals surface area contributed by atoms with E-state index in [9.17, 15) is 0 Å². The maximum absolute atomic E-state index is 5.98. The molecule has 90 valence electrons. The van der Waals surface area contributed by atoms with Crippen molar-refractivity contribution >= 4 is 22.9 Å². The first-order chi connectivity index (χ1) is 8.15. The Morgan fingerprint density at radius 3 is 2.76 bits per heavy atom. The van der Waals surface area contributed by atoms with Crippen LogP contribution < -0.4 is 5.32 Å². The molecule has 0 spiro atoms. The Balaban J connectivity index is 1.95. The topological polar surface area (TPSA) is 12.0 Å². The Labute approximate surface area is 111 Å². The maximum atomic E-state index is 5.98. The third-order valence-electron chi connectivity index (χ3n) is 2.73. The van der Waals surface area contributed by atoms with Crippen LogP contribution >= 0.6 is 22.9 Å². The second-order valence-electron chi connectivity index (χ2n) is 4.17. The van der Waals surface area contributed by atoms with Gasteiger partial charge in [0.05, 0.1) is 0 Å². The molecule has 1 aromatic heterocycles. The fourth-order valence-corrected chi connectivity index (χ4v) is 2.77. The van der Waals surface area contributed by atoms with E-state index in [1.54, 1.807) is 0 Å². The molecule has 1 unspecified atom stereocenters. The molecule has 0 aliphatic rings. The van der Waals surface area contributed by atoms with Crippen molar-refractivity contribution in [2.45, 2.75) is 26.4 Å². The van der Waals surface area contributed by atoms with E-state index in [0.29, 0.717) is 6.04 Å². The molecular formula is C14H16ClNS. The van der Waals surface area contributed by atoms with Crippen molar-refractivity contribution in [1.29, 1.82) is 0 Å². The van der Waals surface area contributed by atoms with Gasteiger partial charge in [0.2, 0.25) is 0 Å². The SMILES string of the molecule is Cc1ccc(CNC(C)c2cccc(Cl)c2)s1. The van der Waals surface area contributed by atoms with Gasteiger partial charge in [-0.1, -0.05) is 23.7 Å². The fraction of sp³-hybridized carbons (Fsp3) is 0.286. The first-order valence-electron chi connectivity index (χ1n) is 5.69. The summed E-state index contributed by atoms with van der Waals surface area (Å²) in [5.41, 5.74) is 1.23. The molecule has 0 fully saturated rings. The smallest absolute Gasteiger partial charge is 0.0409 e. The van der Waals surface area contributed by atoms with E-state index in [-0.39, 0.29) is 0 Å². The van der Waals surface area contributed by atoms with E-state index in [1.807, 2.05) is 29.5 Å². The number of halogens is 1. The number of hydrogen-bond acceptors (Lipinski definition) is 2. The Morgan fingerprint density at radius 2 is 2.12 bits per heavy atom. The minimum atomic E-state index is 0.316. The number of aryl methyl sites for hydroxylation is 1. The monoisotopic (exact) mass is 265 g/mol. The summed E-state index contributed by atoms with van der Waals surface area (Å²) in [4.78, 5) is 2.73. The van der Waals surface area contributed by atoms with Crippen LogP contribution in [0.1, 0.15) is 28.3 Å². The molecule has 2 aromatic rings. The van der Waals surface area contributed by atoms with E-state index in [4.69, 9.17) is 11.6 Å². The Bertz CT molecular complexity index is 492. The summed E-state index contributed by atoms with van der Waals surface area (Å²) in [5, 5.41) is 4.30. The molecule has 0 saturated carbocycles. The van der Waals surface area contributed by atoms with Crippen molar-refractivity contribution < 1.29 is 0 Å². The zero-order chi connectivity index (χ0) is 12.3. The number of hydrogen-bond donors (Lipinski definition) is 1. The van der Waals surface area contributed by atoms with Gasteiger partial charge in [-0.25, -0.2) is 0 Å². The van der Waals surface area contributed by atoms with Gasteiger partial charge in [0.25, 0.3) is 0 Å². The highest BCUT2D eigenvalue weighted by atomic mass is 35.5. The standard InChI is InChI=1S/C14H16ClNS/c1-10-6-7-14(17-10)9-16-11(2)12-4-3-5-13(15)8-12/h3-8,11,16H,9H2,1-2H3. The molecule has 1 heterocycles. The zero-order valence-electron chi connectivity index (χ0n) is 10.0. The zero-order valence-corrected chi connectivity index (χ0v) is 11.6. The third kappa shape index (κ3) is 3.56. The molecule has 17 heavy (non-hydrogen) atoms. The first-order valence-corrected chi connectivity index (χ1v) is 6.89. The number of benzene rings is 1. The quantitative estimate of drug-likeness (QED) is 0.855. The highest BCUT2D eigenvalue weighted by molar-refractivity contribution is 7.11. The predicted molar refractivity (Wildman–Crippen MR) is 75.8 cm³/mol. The van der Waals surface area contributed by atoms with Crippen LogP contribution in [0.3, 0.4) is 0 Å². The van der Waals surface area contributed by atoms with E-state index in [2.05, 4.69) is 37.4 Å². The van der Waals surface area contributed by atoms with Crippen LogP contribution in [0.25, 0.3) is 0 Å². The number of rotatable bonds is 4. The van der Waals surface area contributed by atoms with E-state index < -0.39 is 0 Å². The van der Waals surface area contributed by atoms with Gasteiger partial charge in [0.15, 0.2) is 0 Å². The third-order valence-corrected chi connectivity index (χ3v) is 3.96. The second-order valence-corrected chi connectivity index (χ2v) is 5.98. The summed E-state index contributed by atoms with van der Waals surface area (Å²) in [6.45, 7) is 5.20. The number of nitrogens with one attached hydrogen (secondary N) is 1. The van der Waals surface area contributed by atoms with Crippen LogP contribution in [0.2, 0.25) is 5.02 Å². The highest BCUT2D eigenvalue weighted by Gasteiger charge is 2.05. The van der Waals surface area contributed by atoms with Crippen molar-refractivity contribution in [3.05, 3.63) is 56.7 Å². The van der Waals surface area contributed by atoms with Crippen molar-refractivity contribution in [1.82, 2.24) is 5.32 Å². The summed E-state index contributed by atoms with van der Waals surface area (Å²) < 4.78 is 0. The molecule has 1 nitrogen and oxygen atoms in total. The van der Waals surface area contributed by atoms with Gasteiger partial charge in [-0.05, 0) is 43.7 Å². The lowest BCUT2D eigenvalue weighted by atomic mass is 10.1. The van der Waals surface area contributed by atoms with Crippen LogP contribution in [0.5, 0.6) is 0 Å².